The summed E-state index contributed by atoms with van der Waals surface area (Å²) in [6.45, 7) is 3.93. The number of unbranched alkanes of at least 4 members (excludes halogenated alkanes) is 4. The first-order chi connectivity index (χ1) is 12.3. The molecule has 26 heavy (non-hydrogen) atoms. The average molecular weight is 369 g/mol. The summed E-state index contributed by atoms with van der Waals surface area (Å²) in [5.41, 5.74) is -0.736. The Bertz CT molecular complexity index is 469. The van der Waals surface area contributed by atoms with E-state index in [4.69, 9.17) is 5.11 Å². The Morgan fingerprint density at radius 2 is 1.92 bits per heavy atom. The summed E-state index contributed by atoms with van der Waals surface area (Å²) >= 11 is 0. The number of aliphatic carboxylic acids is 1. The summed E-state index contributed by atoms with van der Waals surface area (Å²) < 4.78 is 0. The molecule has 0 aromatic heterocycles. The normalized spacial score (nSPS) is 25.7. The summed E-state index contributed by atoms with van der Waals surface area (Å²) in [5.74, 6) is -0.959. The van der Waals surface area contributed by atoms with Crippen LogP contribution in [0, 0.1) is 11.8 Å². The summed E-state index contributed by atoms with van der Waals surface area (Å²) in [4.78, 5) is 22.7. The number of Topliss-reactive ketones (excluding diaryl/α,β-unsaturated/α-hetero) is 1. The molecule has 1 fully saturated rings. The minimum atomic E-state index is -0.765. The SMILES string of the molecule is CCCCC(C)(O)CC=C[C@H]1C(O)CC(=O)C1CCCCCCC(=O)O. The molecule has 4 atom stereocenters. The fourth-order valence-corrected chi connectivity index (χ4v) is 3.72. The Balaban J connectivity index is 2.44. The van der Waals surface area contributed by atoms with E-state index in [9.17, 15) is 19.8 Å². The van der Waals surface area contributed by atoms with E-state index in [-0.39, 0.29) is 30.5 Å². The van der Waals surface area contributed by atoms with Gasteiger partial charge in [-0.2, -0.15) is 0 Å². The number of hydrogen-bond acceptors (Lipinski definition) is 4. The Morgan fingerprint density at radius 1 is 1.23 bits per heavy atom. The van der Waals surface area contributed by atoms with Crippen molar-refractivity contribution in [3.63, 3.8) is 0 Å². The quantitative estimate of drug-likeness (QED) is 0.339. The second-order valence-corrected chi connectivity index (χ2v) is 8.00. The van der Waals surface area contributed by atoms with Crippen LogP contribution in [0.5, 0.6) is 0 Å². The number of carbonyl (C=O) groups is 2. The summed E-state index contributed by atoms with van der Waals surface area (Å²) in [6.07, 6.45) is 11.0. The molecule has 0 spiro atoms. The molecule has 1 rings (SSSR count). The highest BCUT2D eigenvalue weighted by Crippen LogP contribution is 2.34. The number of rotatable bonds is 13. The largest absolute Gasteiger partial charge is 0.481 e. The molecular weight excluding hydrogens is 332 g/mol. The maximum absolute atomic E-state index is 12.2. The molecule has 0 heterocycles. The molecule has 0 aromatic rings. The van der Waals surface area contributed by atoms with Crippen LogP contribution in [0.1, 0.15) is 84.5 Å². The van der Waals surface area contributed by atoms with E-state index >= 15 is 0 Å². The molecule has 5 heteroatoms. The van der Waals surface area contributed by atoms with Crippen molar-refractivity contribution in [1.29, 1.82) is 0 Å². The van der Waals surface area contributed by atoms with Crippen molar-refractivity contribution < 1.29 is 24.9 Å². The van der Waals surface area contributed by atoms with Crippen LogP contribution in [0.3, 0.4) is 0 Å². The molecule has 5 nitrogen and oxygen atoms in total. The molecule has 3 N–H and O–H groups in total. The standard InChI is InChI=1S/C21H36O5/c1-3-4-13-21(2,26)14-9-11-17-16(18(22)15-19(17)23)10-7-5-6-8-12-20(24)25/h9,11,16-17,19,23,26H,3-8,10,12-15H2,1-2H3,(H,24,25)/t16?,17-,19?,21?/m1/s1. The fraction of sp³-hybridized carbons (Fsp3) is 0.810. The van der Waals surface area contributed by atoms with Crippen LogP contribution in [0.4, 0.5) is 0 Å². The molecule has 0 aromatic carbocycles. The first-order valence-electron chi connectivity index (χ1n) is 10.1. The Labute approximate surface area is 157 Å². The third-order valence-corrected chi connectivity index (χ3v) is 5.37. The van der Waals surface area contributed by atoms with Gasteiger partial charge in [-0.05, 0) is 32.6 Å². The maximum atomic E-state index is 12.2. The summed E-state index contributed by atoms with van der Waals surface area (Å²) in [7, 11) is 0. The van der Waals surface area contributed by atoms with Gasteiger partial charge in [0.25, 0.3) is 0 Å². The second-order valence-electron chi connectivity index (χ2n) is 8.00. The van der Waals surface area contributed by atoms with E-state index in [0.717, 1.165) is 44.9 Å². The van der Waals surface area contributed by atoms with Crippen molar-refractivity contribution in [3.8, 4) is 0 Å². The third-order valence-electron chi connectivity index (χ3n) is 5.37. The molecule has 3 unspecified atom stereocenters. The van der Waals surface area contributed by atoms with Crippen LogP contribution in [0.25, 0.3) is 0 Å². The first kappa shape index (κ1) is 22.8. The molecule has 0 radical (unpaired) electrons. The molecule has 0 amide bonds. The molecular formula is C21H36O5. The lowest BCUT2D eigenvalue weighted by Gasteiger charge is -2.22. The van der Waals surface area contributed by atoms with Gasteiger partial charge in [0, 0.05) is 24.7 Å². The zero-order chi connectivity index (χ0) is 19.6. The highest BCUT2D eigenvalue weighted by atomic mass is 16.4. The van der Waals surface area contributed by atoms with E-state index in [1.807, 2.05) is 19.1 Å². The second kappa shape index (κ2) is 11.5. The van der Waals surface area contributed by atoms with E-state index in [1.54, 1.807) is 0 Å². The van der Waals surface area contributed by atoms with Gasteiger partial charge in [-0.15, -0.1) is 0 Å². The van der Waals surface area contributed by atoms with Crippen molar-refractivity contribution in [3.05, 3.63) is 12.2 Å². The minimum absolute atomic E-state index is 0.121. The lowest BCUT2D eigenvalue weighted by molar-refractivity contribution is -0.137. The summed E-state index contributed by atoms with van der Waals surface area (Å²) in [5, 5.41) is 29.2. The Kier molecular flexibility index (Phi) is 10.1. The molecule has 1 aliphatic rings. The monoisotopic (exact) mass is 368 g/mol. The summed E-state index contributed by atoms with van der Waals surface area (Å²) in [6, 6.07) is 0. The zero-order valence-corrected chi connectivity index (χ0v) is 16.3. The Hall–Kier alpha value is -1.20. The van der Waals surface area contributed by atoms with Crippen molar-refractivity contribution in [2.45, 2.75) is 96.2 Å². The number of aliphatic hydroxyl groups excluding tert-OH is 1. The topological polar surface area (TPSA) is 94.8 Å². The van der Waals surface area contributed by atoms with Crippen molar-refractivity contribution in [1.82, 2.24) is 0 Å². The third kappa shape index (κ3) is 8.45. The maximum Gasteiger partial charge on any atom is 0.303 e. The average Bonchev–Trinajstić information content (AvgIpc) is 2.82. The lowest BCUT2D eigenvalue weighted by Crippen LogP contribution is -2.23. The molecule has 150 valence electrons. The van der Waals surface area contributed by atoms with Crippen LogP contribution in [-0.2, 0) is 9.59 Å². The highest BCUT2D eigenvalue weighted by molar-refractivity contribution is 5.84. The number of carboxylic acids is 1. The van der Waals surface area contributed by atoms with E-state index in [0.29, 0.717) is 12.8 Å². The zero-order valence-electron chi connectivity index (χ0n) is 16.3. The molecule has 1 aliphatic carbocycles. The van der Waals surface area contributed by atoms with Crippen LogP contribution < -0.4 is 0 Å². The van der Waals surface area contributed by atoms with E-state index in [2.05, 4.69) is 6.92 Å². The number of aliphatic hydroxyl groups is 2. The van der Waals surface area contributed by atoms with E-state index in [1.165, 1.54) is 0 Å². The molecule has 0 aliphatic heterocycles. The van der Waals surface area contributed by atoms with Gasteiger partial charge in [0.2, 0.25) is 0 Å². The van der Waals surface area contributed by atoms with Gasteiger partial charge >= 0.3 is 5.97 Å². The van der Waals surface area contributed by atoms with Gasteiger partial charge in [-0.25, -0.2) is 0 Å². The van der Waals surface area contributed by atoms with Crippen LogP contribution in [0.2, 0.25) is 0 Å². The Morgan fingerprint density at radius 3 is 2.58 bits per heavy atom. The predicted molar refractivity (Wildman–Crippen MR) is 102 cm³/mol. The predicted octanol–water partition coefficient (Wildman–Crippen LogP) is 3.87. The van der Waals surface area contributed by atoms with Gasteiger partial charge in [-0.1, -0.05) is 51.2 Å². The van der Waals surface area contributed by atoms with Gasteiger partial charge < -0.3 is 15.3 Å². The molecule has 1 saturated carbocycles. The van der Waals surface area contributed by atoms with Gasteiger partial charge in [0.05, 0.1) is 11.7 Å². The van der Waals surface area contributed by atoms with Gasteiger partial charge in [-0.3, -0.25) is 9.59 Å². The van der Waals surface area contributed by atoms with Crippen molar-refractivity contribution in [2.75, 3.05) is 0 Å². The van der Waals surface area contributed by atoms with Crippen LogP contribution in [-0.4, -0.2) is 38.8 Å². The number of ketones is 1. The first-order valence-corrected chi connectivity index (χ1v) is 10.1. The van der Waals surface area contributed by atoms with Crippen molar-refractivity contribution >= 4 is 11.8 Å². The number of carboxylic acid groups (broad SMARTS) is 1. The fourth-order valence-electron chi connectivity index (χ4n) is 3.72. The smallest absolute Gasteiger partial charge is 0.303 e. The van der Waals surface area contributed by atoms with E-state index < -0.39 is 17.7 Å². The minimum Gasteiger partial charge on any atom is -0.481 e. The molecule has 0 bridgehead atoms. The molecule has 0 saturated heterocycles. The van der Waals surface area contributed by atoms with Gasteiger partial charge in [0.15, 0.2) is 0 Å². The highest BCUT2D eigenvalue weighted by Gasteiger charge is 2.39. The number of carbonyl (C=O) groups excluding carboxylic acids is 1. The van der Waals surface area contributed by atoms with Crippen LogP contribution in [0.15, 0.2) is 12.2 Å². The van der Waals surface area contributed by atoms with Gasteiger partial charge in [0.1, 0.15) is 5.78 Å². The van der Waals surface area contributed by atoms with Crippen molar-refractivity contribution in [2.24, 2.45) is 11.8 Å². The number of hydrogen-bond donors (Lipinski definition) is 3. The lowest BCUT2D eigenvalue weighted by atomic mass is 9.87. The van der Waals surface area contributed by atoms with Crippen LogP contribution >= 0.6 is 0 Å².